The van der Waals surface area contributed by atoms with Gasteiger partial charge in [0, 0.05) is 25.2 Å². The van der Waals surface area contributed by atoms with Gasteiger partial charge in [-0.1, -0.05) is 50.7 Å². The molecule has 30 heavy (non-hydrogen) atoms. The van der Waals surface area contributed by atoms with Crippen LogP contribution in [-0.4, -0.2) is 53.4 Å². The third-order valence-corrected chi connectivity index (χ3v) is 6.96. The van der Waals surface area contributed by atoms with E-state index in [1.165, 1.54) is 50.7 Å². The summed E-state index contributed by atoms with van der Waals surface area (Å²) in [6.07, 6.45) is 11.9. The number of benzene rings is 1. The Morgan fingerprint density at radius 1 is 0.933 bits per heavy atom. The highest BCUT2D eigenvalue weighted by atomic mass is 19.1. The highest BCUT2D eigenvalue weighted by Crippen LogP contribution is 2.33. The summed E-state index contributed by atoms with van der Waals surface area (Å²) in [5.74, 6) is -0.444. The minimum atomic E-state index is -0.474. The van der Waals surface area contributed by atoms with Crippen molar-refractivity contribution in [1.29, 1.82) is 0 Å². The fraction of sp³-hybridized carbons (Fsp3) is 0.667. The lowest BCUT2D eigenvalue weighted by atomic mass is 9.86. The molecular formula is C24H33FN2O3. The summed E-state index contributed by atoms with van der Waals surface area (Å²) in [7, 11) is 0. The lowest BCUT2D eigenvalue weighted by Gasteiger charge is -2.47. The minimum absolute atomic E-state index is 0.0831. The molecule has 0 atom stereocenters. The molecule has 0 aromatic heterocycles. The topological polar surface area (TPSA) is 49.9 Å². The number of para-hydroxylation sites is 1. The molecule has 1 saturated heterocycles. The van der Waals surface area contributed by atoms with Gasteiger partial charge in [-0.2, -0.15) is 0 Å². The number of nitrogens with zero attached hydrogens (tertiary/aromatic N) is 2. The minimum Gasteiger partial charge on any atom is -0.481 e. The van der Waals surface area contributed by atoms with Crippen LogP contribution in [0.4, 0.5) is 4.39 Å². The number of carbonyl (C=O) groups is 2. The predicted molar refractivity (Wildman–Crippen MR) is 113 cm³/mol. The molecule has 3 fully saturated rings. The number of rotatable bonds is 6. The van der Waals surface area contributed by atoms with E-state index in [0.717, 1.165) is 25.7 Å². The molecule has 164 valence electrons. The Labute approximate surface area is 178 Å². The maximum atomic E-state index is 13.6. The van der Waals surface area contributed by atoms with Crippen molar-refractivity contribution in [2.45, 2.75) is 76.3 Å². The summed E-state index contributed by atoms with van der Waals surface area (Å²) in [5.41, 5.74) is 0. The average molecular weight is 417 g/mol. The predicted octanol–water partition coefficient (Wildman–Crippen LogP) is 4.16. The van der Waals surface area contributed by atoms with E-state index in [1.807, 2.05) is 0 Å². The van der Waals surface area contributed by atoms with E-state index < -0.39 is 5.82 Å². The van der Waals surface area contributed by atoms with Gasteiger partial charge in [-0.15, -0.1) is 0 Å². The molecule has 2 amide bonds. The van der Waals surface area contributed by atoms with Crippen LogP contribution in [-0.2, 0) is 9.59 Å². The molecule has 0 unspecified atom stereocenters. The van der Waals surface area contributed by atoms with Gasteiger partial charge in [-0.3, -0.25) is 9.59 Å². The first-order valence-corrected chi connectivity index (χ1v) is 11.6. The third kappa shape index (κ3) is 4.79. The molecule has 2 saturated carbocycles. The summed E-state index contributed by atoms with van der Waals surface area (Å²) in [5, 5.41) is 0. The fourth-order valence-electron chi connectivity index (χ4n) is 5.22. The van der Waals surface area contributed by atoms with Crippen LogP contribution >= 0.6 is 0 Å². The Kier molecular flexibility index (Phi) is 6.90. The molecule has 5 nitrogen and oxygen atoms in total. The first-order chi connectivity index (χ1) is 14.6. The number of carbonyl (C=O) groups excluding carboxylic acids is 2. The first-order valence-electron chi connectivity index (χ1n) is 11.6. The number of halogens is 1. The Morgan fingerprint density at radius 3 is 2.07 bits per heavy atom. The van der Waals surface area contributed by atoms with E-state index in [1.54, 1.807) is 17.0 Å². The van der Waals surface area contributed by atoms with E-state index in [2.05, 4.69) is 4.90 Å². The Balaban J connectivity index is 1.31. The van der Waals surface area contributed by atoms with Crippen molar-refractivity contribution < 1.29 is 18.7 Å². The van der Waals surface area contributed by atoms with Crippen LogP contribution in [0.1, 0.15) is 64.2 Å². The molecule has 1 heterocycles. The van der Waals surface area contributed by atoms with Crippen molar-refractivity contribution in [3.8, 4) is 5.75 Å². The normalized spacial score (nSPS) is 21.2. The maximum absolute atomic E-state index is 13.6. The summed E-state index contributed by atoms with van der Waals surface area (Å²) in [6, 6.07) is 6.83. The number of amides is 2. The second-order valence-electron chi connectivity index (χ2n) is 9.04. The fourth-order valence-corrected chi connectivity index (χ4v) is 5.22. The van der Waals surface area contributed by atoms with E-state index in [4.69, 9.17) is 4.74 Å². The van der Waals surface area contributed by atoms with Gasteiger partial charge in [0.15, 0.2) is 18.2 Å². The van der Waals surface area contributed by atoms with Gasteiger partial charge in [-0.25, -0.2) is 4.39 Å². The number of hydrogen-bond acceptors (Lipinski definition) is 3. The number of ether oxygens (including phenoxy) is 1. The Bertz CT molecular complexity index is 720. The third-order valence-electron chi connectivity index (χ3n) is 6.96. The molecule has 1 aromatic rings. The highest BCUT2D eigenvalue weighted by Gasteiger charge is 2.42. The molecule has 1 aromatic carbocycles. The summed E-state index contributed by atoms with van der Waals surface area (Å²) in [6.45, 7) is 0.708. The van der Waals surface area contributed by atoms with Gasteiger partial charge in [-0.05, 0) is 37.8 Å². The lowest BCUT2D eigenvalue weighted by Crippen LogP contribution is -2.60. The zero-order chi connectivity index (χ0) is 20.9. The van der Waals surface area contributed by atoms with E-state index >= 15 is 0 Å². The van der Waals surface area contributed by atoms with Gasteiger partial charge >= 0.3 is 0 Å². The maximum Gasteiger partial charge on any atom is 0.260 e. The number of hydrogen-bond donors (Lipinski definition) is 0. The molecule has 0 spiro atoms. The van der Waals surface area contributed by atoms with Gasteiger partial charge in [0.2, 0.25) is 5.91 Å². The molecule has 0 N–H and O–H groups in total. The second-order valence-corrected chi connectivity index (χ2v) is 9.04. The standard InChI is InChI=1S/C24H33FN2O3/c25-21-13-7-8-14-22(21)30-17-23(28)26-15-18(16-26)24(29)27(19-9-3-1-4-10-19)20-11-5-2-6-12-20/h7-8,13-14,18-20H,1-6,9-12,15-17H2. The zero-order valence-electron chi connectivity index (χ0n) is 17.7. The van der Waals surface area contributed by atoms with Crippen LogP contribution in [0.2, 0.25) is 0 Å². The van der Waals surface area contributed by atoms with Crippen LogP contribution in [0, 0.1) is 11.7 Å². The van der Waals surface area contributed by atoms with Gasteiger partial charge in [0.05, 0.1) is 5.92 Å². The van der Waals surface area contributed by atoms with Gasteiger partial charge < -0.3 is 14.5 Å². The molecule has 3 aliphatic rings. The van der Waals surface area contributed by atoms with Crippen molar-refractivity contribution in [2.75, 3.05) is 19.7 Å². The quantitative estimate of drug-likeness (QED) is 0.700. The van der Waals surface area contributed by atoms with Crippen LogP contribution in [0.3, 0.4) is 0 Å². The van der Waals surface area contributed by atoms with Crippen LogP contribution in [0.25, 0.3) is 0 Å². The van der Waals surface area contributed by atoms with Gasteiger partial charge in [0.25, 0.3) is 5.91 Å². The van der Waals surface area contributed by atoms with E-state index in [-0.39, 0.29) is 30.1 Å². The largest absolute Gasteiger partial charge is 0.481 e. The Morgan fingerprint density at radius 2 is 1.50 bits per heavy atom. The molecule has 1 aliphatic heterocycles. The van der Waals surface area contributed by atoms with Gasteiger partial charge in [0.1, 0.15) is 0 Å². The molecule has 2 aliphatic carbocycles. The van der Waals surface area contributed by atoms with Crippen molar-refractivity contribution in [1.82, 2.24) is 9.80 Å². The molecule has 4 rings (SSSR count). The molecule has 0 bridgehead atoms. The van der Waals surface area contributed by atoms with Crippen LogP contribution in [0.15, 0.2) is 24.3 Å². The van der Waals surface area contributed by atoms with Crippen molar-refractivity contribution in [2.24, 2.45) is 5.92 Å². The molecular weight excluding hydrogens is 383 g/mol. The Hall–Kier alpha value is -2.11. The van der Waals surface area contributed by atoms with Crippen LogP contribution in [0.5, 0.6) is 5.75 Å². The van der Waals surface area contributed by atoms with Crippen LogP contribution < -0.4 is 4.74 Å². The zero-order valence-corrected chi connectivity index (χ0v) is 17.7. The highest BCUT2D eigenvalue weighted by molar-refractivity contribution is 5.85. The summed E-state index contributed by atoms with van der Waals surface area (Å²) >= 11 is 0. The molecule has 0 radical (unpaired) electrons. The lowest BCUT2D eigenvalue weighted by molar-refractivity contribution is -0.154. The smallest absolute Gasteiger partial charge is 0.260 e. The summed E-state index contributed by atoms with van der Waals surface area (Å²) in [4.78, 5) is 29.7. The van der Waals surface area contributed by atoms with E-state index in [9.17, 15) is 14.0 Å². The first kappa shape index (κ1) is 21.1. The van der Waals surface area contributed by atoms with Crippen molar-refractivity contribution in [3.05, 3.63) is 30.1 Å². The van der Waals surface area contributed by atoms with E-state index in [0.29, 0.717) is 25.2 Å². The van der Waals surface area contributed by atoms with Crippen molar-refractivity contribution in [3.63, 3.8) is 0 Å². The van der Waals surface area contributed by atoms with Crippen molar-refractivity contribution >= 4 is 11.8 Å². The SMILES string of the molecule is O=C(COc1ccccc1F)N1CC(C(=O)N(C2CCCCC2)C2CCCCC2)C1. The average Bonchev–Trinajstić information content (AvgIpc) is 2.74. The second kappa shape index (κ2) is 9.80. The summed E-state index contributed by atoms with van der Waals surface area (Å²) < 4.78 is 19.0. The monoisotopic (exact) mass is 416 g/mol. The molecule has 6 heteroatoms. The number of likely N-dealkylation sites (tertiary alicyclic amines) is 1.